The summed E-state index contributed by atoms with van der Waals surface area (Å²) >= 11 is 6.90. The summed E-state index contributed by atoms with van der Waals surface area (Å²) in [7, 11) is 0. The van der Waals surface area contributed by atoms with E-state index in [4.69, 9.17) is 11.6 Å². The normalized spacial score (nSPS) is 10.2. The zero-order valence-electron chi connectivity index (χ0n) is 7.78. The molecule has 76 valence electrons. The number of carbonyl (C=O) groups is 1. The van der Waals surface area contributed by atoms with E-state index in [-0.39, 0.29) is 23.0 Å². The van der Waals surface area contributed by atoms with E-state index in [1.54, 1.807) is 6.26 Å². The first-order valence-electron chi connectivity index (χ1n) is 3.85. The Hall–Kier alpha value is -0.810. The Kier molecular flexibility index (Phi) is 3.71. The van der Waals surface area contributed by atoms with Crippen LogP contribution in [0.1, 0.15) is 6.92 Å². The standard InChI is InChI=1S/C8H9ClN2O2S/c1-5(12)4-11-7(13)3-6(9)10-8(11)14-2/h3H,4H2,1-2H3. The average Bonchev–Trinajstić information content (AvgIpc) is 2.08. The summed E-state index contributed by atoms with van der Waals surface area (Å²) in [6.45, 7) is 1.46. The van der Waals surface area contributed by atoms with Gasteiger partial charge in [-0.15, -0.1) is 0 Å². The number of carbonyl (C=O) groups excluding carboxylic acids is 1. The number of hydrogen-bond acceptors (Lipinski definition) is 4. The molecule has 0 saturated heterocycles. The average molecular weight is 233 g/mol. The van der Waals surface area contributed by atoms with Crippen molar-refractivity contribution in [2.45, 2.75) is 18.6 Å². The van der Waals surface area contributed by atoms with Gasteiger partial charge in [-0.3, -0.25) is 14.2 Å². The van der Waals surface area contributed by atoms with Gasteiger partial charge in [0.1, 0.15) is 10.9 Å². The molecule has 0 unspecified atom stereocenters. The molecule has 0 saturated carbocycles. The molecule has 6 heteroatoms. The molecule has 4 nitrogen and oxygen atoms in total. The fourth-order valence-corrected chi connectivity index (χ4v) is 1.77. The molecule has 0 aliphatic carbocycles. The highest BCUT2D eigenvalue weighted by molar-refractivity contribution is 7.98. The zero-order chi connectivity index (χ0) is 10.7. The number of halogens is 1. The van der Waals surface area contributed by atoms with Gasteiger partial charge in [0.2, 0.25) is 0 Å². The Morgan fingerprint density at radius 2 is 2.36 bits per heavy atom. The maximum atomic E-state index is 11.4. The fraction of sp³-hybridized carbons (Fsp3) is 0.375. The molecule has 0 aliphatic heterocycles. The van der Waals surface area contributed by atoms with Crippen molar-refractivity contribution in [2.24, 2.45) is 0 Å². The SMILES string of the molecule is CSc1nc(Cl)cc(=O)n1CC(C)=O. The van der Waals surface area contributed by atoms with Crippen molar-refractivity contribution in [3.63, 3.8) is 0 Å². The predicted molar refractivity (Wildman–Crippen MR) is 56.0 cm³/mol. The maximum Gasteiger partial charge on any atom is 0.256 e. The Bertz CT molecular complexity index is 416. The lowest BCUT2D eigenvalue weighted by atomic mass is 10.4. The van der Waals surface area contributed by atoms with E-state index in [0.29, 0.717) is 5.16 Å². The van der Waals surface area contributed by atoms with Gasteiger partial charge >= 0.3 is 0 Å². The molecular weight excluding hydrogens is 224 g/mol. The van der Waals surface area contributed by atoms with Crippen molar-refractivity contribution in [1.82, 2.24) is 9.55 Å². The van der Waals surface area contributed by atoms with Crippen molar-refractivity contribution < 1.29 is 4.79 Å². The van der Waals surface area contributed by atoms with Gasteiger partial charge in [-0.25, -0.2) is 4.98 Å². The van der Waals surface area contributed by atoms with E-state index < -0.39 is 0 Å². The molecule has 0 N–H and O–H groups in total. The Morgan fingerprint density at radius 3 is 2.86 bits per heavy atom. The first kappa shape index (κ1) is 11.3. The largest absolute Gasteiger partial charge is 0.298 e. The predicted octanol–water partition coefficient (Wildman–Crippen LogP) is 1.21. The van der Waals surface area contributed by atoms with Crippen LogP contribution in [0, 0.1) is 0 Å². The van der Waals surface area contributed by atoms with Crippen LogP contribution in [0.5, 0.6) is 0 Å². The number of hydrogen-bond donors (Lipinski definition) is 0. The topological polar surface area (TPSA) is 52.0 Å². The minimum atomic E-state index is -0.301. The van der Waals surface area contributed by atoms with Crippen molar-refractivity contribution in [2.75, 3.05) is 6.26 Å². The van der Waals surface area contributed by atoms with Gasteiger partial charge in [0.05, 0.1) is 6.54 Å². The monoisotopic (exact) mass is 232 g/mol. The molecule has 0 radical (unpaired) electrons. The van der Waals surface area contributed by atoms with Gasteiger partial charge in [-0.1, -0.05) is 23.4 Å². The van der Waals surface area contributed by atoms with E-state index in [0.717, 1.165) is 0 Å². The Morgan fingerprint density at radius 1 is 1.71 bits per heavy atom. The molecular formula is C8H9ClN2O2S. The number of nitrogens with zero attached hydrogens (tertiary/aromatic N) is 2. The highest BCUT2D eigenvalue weighted by Crippen LogP contribution is 2.12. The number of ketones is 1. The molecule has 0 aromatic carbocycles. The summed E-state index contributed by atoms with van der Waals surface area (Å²) in [6.07, 6.45) is 1.77. The van der Waals surface area contributed by atoms with Crippen LogP contribution in [-0.4, -0.2) is 21.6 Å². The van der Waals surface area contributed by atoms with Crippen molar-refractivity contribution >= 4 is 29.1 Å². The van der Waals surface area contributed by atoms with Gasteiger partial charge in [0.15, 0.2) is 5.16 Å². The lowest BCUT2D eigenvalue weighted by Crippen LogP contribution is -2.25. The smallest absolute Gasteiger partial charge is 0.256 e. The van der Waals surface area contributed by atoms with Crippen LogP contribution < -0.4 is 5.56 Å². The molecule has 1 heterocycles. The first-order valence-corrected chi connectivity index (χ1v) is 5.45. The van der Waals surface area contributed by atoms with E-state index in [1.807, 2.05) is 0 Å². The second-order valence-corrected chi connectivity index (χ2v) is 3.85. The summed E-state index contributed by atoms with van der Waals surface area (Å²) < 4.78 is 1.30. The second kappa shape index (κ2) is 4.61. The second-order valence-electron chi connectivity index (χ2n) is 2.69. The van der Waals surface area contributed by atoms with E-state index in [9.17, 15) is 9.59 Å². The van der Waals surface area contributed by atoms with Gasteiger partial charge in [0.25, 0.3) is 5.56 Å². The van der Waals surface area contributed by atoms with Gasteiger partial charge in [-0.2, -0.15) is 0 Å². The van der Waals surface area contributed by atoms with Crippen LogP contribution in [0.15, 0.2) is 16.0 Å². The van der Waals surface area contributed by atoms with Gasteiger partial charge in [-0.05, 0) is 13.2 Å². The van der Waals surface area contributed by atoms with Crippen LogP contribution in [0.2, 0.25) is 5.15 Å². The third-order valence-corrected chi connectivity index (χ3v) is 2.38. The van der Waals surface area contributed by atoms with Crippen molar-refractivity contribution in [3.8, 4) is 0 Å². The highest BCUT2D eigenvalue weighted by atomic mass is 35.5. The molecule has 0 fully saturated rings. The summed E-state index contributed by atoms with van der Waals surface area (Å²) in [5, 5.41) is 0.608. The van der Waals surface area contributed by atoms with Gasteiger partial charge < -0.3 is 0 Å². The third kappa shape index (κ3) is 2.59. The molecule has 1 aromatic rings. The lowest BCUT2D eigenvalue weighted by molar-refractivity contribution is -0.117. The zero-order valence-corrected chi connectivity index (χ0v) is 9.35. The van der Waals surface area contributed by atoms with E-state index in [1.165, 1.54) is 29.3 Å². The molecule has 0 aliphatic rings. The van der Waals surface area contributed by atoms with Crippen LogP contribution in [-0.2, 0) is 11.3 Å². The summed E-state index contributed by atoms with van der Waals surface area (Å²) in [6, 6.07) is 1.20. The first-order chi connectivity index (χ1) is 6.54. The highest BCUT2D eigenvalue weighted by Gasteiger charge is 2.08. The van der Waals surface area contributed by atoms with Gasteiger partial charge in [0, 0.05) is 6.07 Å². The fourth-order valence-electron chi connectivity index (χ4n) is 0.982. The van der Waals surface area contributed by atoms with Crippen LogP contribution >= 0.6 is 23.4 Å². The molecule has 0 amide bonds. The van der Waals surface area contributed by atoms with E-state index >= 15 is 0 Å². The minimum Gasteiger partial charge on any atom is -0.298 e. The Labute approximate surface area is 90.3 Å². The molecule has 0 atom stereocenters. The van der Waals surface area contributed by atoms with Crippen LogP contribution in [0.3, 0.4) is 0 Å². The lowest BCUT2D eigenvalue weighted by Gasteiger charge is -2.07. The van der Waals surface area contributed by atoms with Crippen LogP contribution in [0.4, 0.5) is 0 Å². The van der Waals surface area contributed by atoms with Crippen molar-refractivity contribution in [3.05, 3.63) is 21.6 Å². The molecule has 1 rings (SSSR count). The maximum absolute atomic E-state index is 11.4. The van der Waals surface area contributed by atoms with E-state index in [2.05, 4.69) is 4.98 Å². The quantitative estimate of drug-likeness (QED) is 0.447. The number of thioether (sulfide) groups is 1. The van der Waals surface area contributed by atoms with Crippen molar-refractivity contribution in [1.29, 1.82) is 0 Å². The summed E-state index contributed by atoms with van der Waals surface area (Å²) in [4.78, 5) is 26.3. The molecule has 14 heavy (non-hydrogen) atoms. The molecule has 0 bridgehead atoms. The number of rotatable bonds is 3. The number of aromatic nitrogens is 2. The summed E-state index contributed by atoms with van der Waals surface area (Å²) in [5.74, 6) is -0.0912. The summed E-state index contributed by atoms with van der Waals surface area (Å²) in [5.41, 5.74) is -0.301. The molecule has 1 aromatic heterocycles. The molecule has 0 spiro atoms. The van der Waals surface area contributed by atoms with Crippen LogP contribution in [0.25, 0.3) is 0 Å². The minimum absolute atomic E-state index is 0.0408. The Balaban J connectivity index is 3.25. The number of Topliss-reactive ketones (excluding diaryl/α,β-unsaturated/α-hetero) is 1. The third-order valence-electron chi connectivity index (χ3n) is 1.51.